The Kier molecular flexibility index (Phi) is 3.79. The average Bonchev–Trinajstić information content (AvgIpc) is 3.20. The molecule has 0 amide bonds. The quantitative estimate of drug-likeness (QED) is 0.787. The lowest BCUT2D eigenvalue weighted by Gasteiger charge is -2.29. The summed E-state index contributed by atoms with van der Waals surface area (Å²) in [6.45, 7) is 4.24. The molecule has 4 rings (SSSR count). The Hall–Kier alpha value is -2.35. The highest BCUT2D eigenvalue weighted by Crippen LogP contribution is 2.37. The summed E-state index contributed by atoms with van der Waals surface area (Å²) in [5.41, 5.74) is 1.67. The summed E-state index contributed by atoms with van der Waals surface area (Å²) >= 11 is 0. The van der Waals surface area contributed by atoms with Crippen LogP contribution < -0.4 is 5.32 Å². The number of fused-ring (bicyclic) bond motifs is 1. The molecular weight excluding hydrogens is 328 g/mol. The second-order valence-corrected chi connectivity index (χ2v) is 6.69. The molecule has 1 aliphatic heterocycles. The molecule has 1 saturated heterocycles. The van der Waals surface area contributed by atoms with Gasteiger partial charge >= 0.3 is 0 Å². The molecule has 0 aliphatic carbocycles. The maximum absolute atomic E-state index is 14.1. The first-order chi connectivity index (χ1) is 12.0. The van der Waals surface area contributed by atoms with Crippen molar-refractivity contribution in [1.82, 2.24) is 25.2 Å². The van der Waals surface area contributed by atoms with Crippen molar-refractivity contribution < 1.29 is 13.3 Å². The zero-order valence-corrected chi connectivity index (χ0v) is 14.0. The highest BCUT2D eigenvalue weighted by atomic mass is 19.3. The lowest BCUT2D eigenvalue weighted by atomic mass is 9.94. The van der Waals surface area contributed by atoms with Gasteiger partial charge in [-0.15, -0.1) is 0 Å². The molecule has 2 aromatic heterocycles. The minimum Gasteiger partial charge on any atom is -0.338 e. The van der Waals surface area contributed by atoms with Gasteiger partial charge in [0.25, 0.3) is 5.92 Å². The van der Waals surface area contributed by atoms with E-state index in [4.69, 9.17) is 4.52 Å². The van der Waals surface area contributed by atoms with Crippen LogP contribution >= 0.6 is 0 Å². The van der Waals surface area contributed by atoms with Gasteiger partial charge in [-0.2, -0.15) is 10.1 Å². The minimum atomic E-state index is -2.89. The first kappa shape index (κ1) is 16.1. The summed E-state index contributed by atoms with van der Waals surface area (Å²) in [4.78, 5) is 4.25. The molecule has 0 spiro atoms. The summed E-state index contributed by atoms with van der Waals surface area (Å²) in [6, 6.07) is 5.90. The number of benzene rings is 1. The van der Waals surface area contributed by atoms with E-state index in [1.54, 1.807) is 6.20 Å². The number of halogens is 2. The van der Waals surface area contributed by atoms with Crippen molar-refractivity contribution in [2.75, 3.05) is 13.1 Å². The van der Waals surface area contributed by atoms with E-state index in [1.807, 2.05) is 36.7 Å². The van der Waals surface area contributed by atoms with Crippen LogP contribution in [0.15, 0.2) is 28.9 Å². The van der Waals surface area contributed by atoms with Crippen molar-refractivity contribution in [3.63, 3.8) is 0 Å². The molecule has 1 N–H and O–H groups in total. The Morgan fingerprint density at radius 1 is 1.36 bits per heavy atom. The van der Waals surface area contributed by atoms with Crippen LogP contribution in [-0.4, -0.2) is 38.9 Å². The summed E-state index contributed by atoms with van der Waals surface area (Å²) < 4.78 is 35.2. The molecule has 1 aliphatic rings. The first-order valence-electron chi connectivity index (χ1n) is 8.35. The van der Waals surface area contributed by atoms with Crippen LogP contribution in [0, 0.1) is 0 Å². The van der Waals surface area contributed by atoms with E-state index in [-0.39, 0.29) is 24.9 Å². The van der Waals surface area contributed by atoms with E-state index in [1.165, 1.54) is 0 Å². The Bertz CT molecular complexity index is 901. The predicted octanol–water partition coefficient (Wildman–Crippen LogP) is 3.38. The monoisotopic (exact) mass is 347 g/mol. The topological polar surface area (TPSA) is 68.8 Å². The molecule has 6 nitrogen and oxygen atoms in total. The summed E-state index contributed by atoms with van der Waals surface area (Å²) in [5.74, 6) is -3.61. The molecule has 0 radical (unpaired) electrons. The number of hydrogen-bond donors (Lipinski definition) is 1. The molecule has 1 aromatic carbocycles. The van der Waals surface area contributed by atoms with E-state index in [2.05, 4.69) is 20.6 Å². The maximum atomic E-state index is 14.1. The fourth-order valence-corrected chi connectivity index (χ4v) is 3.22. The van der Waals surface area contributed by atoms with E-state index >= 15 is 0 Å². The molecule has 0 saturated carbocycles. The smallest absolute Gasteiger partial charge is 0.271 e. The third-order valence-corrected chi connectivity index (χ3v) is 4.57. The fraction of sp³-hybridized carbons (Fsp3) is 0.471. The second-order valence-electron chi connectivity index (χ2n) is 6.69. The fourth-order valence-electron chi connectivity index (χ4n) is 3.22. The van der Waals surface area contributed by atoms with Crippen LogP contribution in [0.3, 0.4) is 0 Å². The predicted molar refractivity (Wildman–Crippen MR) is 88.6 cm³/mol. The van der Waals surface area contributed by atoms with Crippen molar-refractivity contribution in [3.8, 4) is 11.4 Å². The molecule has 1 fully saturated rings. The Labute approximate surface area is 143 Å². The SMILES string of the molecule is CC(C)n1ncc2ccc(-c3noc(C4CCNCC4(F)F)n3)cc21. The van der Waals surface area contributed by atoms with Gasteiger partial charge in [0, 0.05) is 17.0 Å². The van der Waals surface area contributed by atoms with Gasteiger partial charge in [-0.3, -0.25) is 4.68 Å². The number of hydrogen-bond acceptors (Lipinski definition) is 5. The van der Waals surface area contributed by atoms with Gasteiger partial charge in [-0.1, -0.05) is 17.3 Å². The lowest BCUT2D eigenvalue weighted by Crippen LogP contribution is -2.44. The number of piperidine rings is 1. The van der Waals surface area contributed by atoms with Gasteiger partial charge in [-0.25, -0.2) is 8.78 Å². The van der Waals surface area contributed by atoms with Crippen molar-refractivity contribution in [1.29, 1.82) is 0 Å². The number of aromatic nitrogens is 4. The van der Waals surface area contributed by atoms with Crippen molar-refractivity contribution in [2.24, 2.45) is 0 Å². The molecule has 8 heteroatoms. The summed E-state index contributed by atoms with van der Waals surface area (Å²) in [7, 11) is 0. The second kappa shape index (κ2) is 5.87. The van der Waals surface area contributed by atoms with Gasteiger partial charge in [0.15, 0.2) is 0 Å². The average molecular weight is 347 g/mol. The number of rotatable bonds is 3. The van der Waals surface area contributed by atoms with Crippen LogP contribution in [0.2, 0.25) is 0 Å². The molecule has 25 heavy (non-hydrogen) atoms. The number of nitrogens with zero attached hydrogens (tertiary/aromatic N) is 4. The minimum absolute atomic E-state index is 0.000959. The van der Waals surface area contributed by atoms with E-state index in [9.17, 15) is 8.78 Å². The van der Waals surface area contributed by atoms with E-state index in [0.717, 1.165) is 16.5 Å². The third-order valence-electron chi connectivity index (χ3n) is 4.57. The van der Waals surface area contributed by atoms with Crippen LogP contribution in [0.5, 0.6) is 0 Å². The summed E-state index contributed by atoms with van der Waals surface area (Å²) in [5, 5.41) is 12.0. The number of nitrogens with one attached hydrogen (secondary N) is 1. The largest absolute Gasteiger partial charge is 0.338 e. The molecule has 3 heterocycles. The van der Waals surface area contributed by atoms with Gasteiger partial charge in [-0.05, 0) is 32.9 Å². The molecule has 3 aromatic rings. The molecule has 132 valence electrons. The maximum Gasteiger partial charge on any atom is 0.271 e. The van der Waals surface area contributed by atoms with E-state index < -0.39 is 11.8 Å². The van der Waals surface area contributed by atoms with Gasteiger partial charge < -0.3 is 9.84 Å². The Morgan fingerprint density at radius 2 is 2.20 bits per heavy atom. The normalized spacial score (nSPS) is 20.4. The van der Waals surface area contributed by atoms with Crippen LogP contribution in [0.4, 0.5) is 8.78 Å². The van der Waals surface area contributed by atoms with Crippen LogP contribution in [0.25, 0.3) is 22.3 Å². The van der Waals surface area contributed by atoms with Gasteiger partial charge in [0.2, 0.25) is 11.7 Å². The van der Waals surface area contributed by atoms with Crippen LogP contribution in [-0.2, 0) is 0 Å². The summed E-state index contributed by atoms with van der Waals surface area (Å²) in [6.07, 6.45) is 2.07. The standard InChI is InChI=1S/C17H19F2N5O/c1-10(2)24-14-7-11(3-4-12(14)8-21-24)15-22-16(25-23-15)13-5-6-20-9-17(13,18)19/h3-4,7-8,10,13,20H,5-6,9H2,1-2H3. The highest BCUT2D eigenvalue weighted by Gasteiger charge is 2.45. The highest BCUT2D eigenvalue weighted by molar-refractivity contribution is 5.83. The lowest BCUT2D eigenvalue weighted by molar-refractivity contribution is -0.0506. The molecule has 1 atom stereocenters. The van der Waals surface area contributed by atoms with Crippen molar-refractivity contribution >= 4 is 10.9 Å². The molecule has 0 bridgehead atoms. The van der Waals surface area contributed by atoms with Crippen molar-refractivity contribution in [2.45, 2.75) is 38.2 Å². The Balaban J connectivity index is 1.70. The zero-order valence-electron chi connectivity index (χ0n) is 14.0. The van der Waals surface area contributed by atoms with Crippen molar-refractivity contribution in [3.05, 3.63) is 30.3 Å². The molecule has 1 unspecified atom stereocenters. The van der Waals surface area contributed by atoms with Crippen LogP contribution in [0.1, 0.15) is 38.1 Å². The third kappa shape index (κ3) is 2.80. The molecular formula is C17H19F2N5O. The Morgan fingerprint density at radius 3 is 2.96 bits per heavy atom. The number of alkyl halides is 2. The first-order valence-corrected chi connectivity index (χ1v) is 8.35. The van der Waals surface area contributed by atoms with Gasteiger partial charge in [0.1, 0.15) is 5.92 Å². The zero-order chi connectivity index (χ0) is 17.6. The van der Waals surface area contributed by atoms with Gasteiger partial charge in [0.05, 0.1) is 18.3 Å². The van der Waals surface area contributed by atoms with E-state index in [0.29, 0.717) is 12.4 Å².